The zero-order chi connectivity index (χ0) is 29.4. The first-order valence-corrected chi connectivity index (χ1v) is 14.5. The minimum absolute atomic E-state index is 0.0255. The van der Waals surface area contributed by atoms with Crippen LogP contribution in [0.5, 0.6) is 0 Å². The maximum Gasteiger partial charge on any atom is 0.410 e. The molecule has 4 amide bonds. The first-order chi connectivity index (χ1) is 18.7. The Balaban J connectivity index is 1.61. The third-order valence-electron chi connectivity index (χ3n) is 8.79. The molecule has 4 bridgehead atoms. The molecule has 2 fully saturated rings. The van der Waals surface area contributed by atoms with Crippen molar-refractivity contribution < 1.29 is 28.7 Å². The Morgan fingerprint density at radius 3 is 2.55 bits per heavy atom. The van der Waals surface area contributed by atoms with Gasteiger partial charge in [0, 0.05) is 25.4 Å². The molecule has 40 heavy (non-hydrogen) atoms. The maximum atomic E-state index is 13.8. The summed E-state index contributed by atoms with van der Waals surface area (Å²) >= 11 is 0. The fraction of sp³-hybridized carbons (Fsp3) is 0.733. The summed E-state index contributed by atoms with van der Waals surface area (Å²) in [7, 11) is 0. The van der Waals surface area contributed by atoms with Gasteiger partial charge in [-0.15, -0.1) is 0 Å². The molecular formula is C30H46N4O6. The highest BCUT2D eigenvalue weighted by Crippen LogP contribution is 2.39. The summed E-state index contributed by atoms with van der Waals surface area (Å²) in [6.45, 7) is 13.2. The fourth-order valence-electron chi connectivity index (χ4n) is 6.29. The third-order valence-corrected chi connectivity index (χ3v) is 8.79. The van der Waals surface area contributed by atoms with Crippen LogP contribution in [0, 0.1) is 22.7 Å². The number of nitrogens with one attached hydrogen (secondary N) is 1. The van der Waals surface area contributed by atoms with Crippen LogP contribution in [0.25, 0.3) is 0 Å². The van der Waals surface area contributed by atoms with Crippen LogP contribution in [0.3, 0.4) is 0 Å². The summed E-state index contributed by atoms with van der Waals surface area (Å²) in [6.07, 6.45) is 6.53. The lowest BCUT2D eigenvalue weighted by atomic mass is 9.80. The maximum absolute atomic E-state index is 13.8. The lowest BCUT2D eigenvalue weighted by Gasteiger charge is -2.35. The van der Waals surface area contributed by atoms with E-state index in [0.717, 1.165) is 25.7 Å². The number of carbonyl (C=O) groups excluding carboxylic acids is 4. The van der Waals surface area contributed by atoms with E-state index in [2.05, 4.69) is 38.2 Å². The van der Waals surface area contributed by atoms with Crippen LogP contribution in [0.2, 0.25) is 0 Å². The van der Waals surface area contributed by atoms with Gasteiger partial charge < -0.3 is 30.3 Å². The zero-order valence-corrected chi connectivity index (χ0v) is 24.8. The molecule has 0 saturated carbocycles. The Morgan fingerprint density at radius 1 is 1.15 bits per heavy atom. The number of ether oxygens (including phenoxy) is 2. The minimum atomic E-state index is -0.967. The molecule has 0 radical (unpaired) electrons. The summed E-state index contributed by atoms with van der Waals surface area (Å²) in [4.78, 5) is 55.4. The first kappa shape index (κ1) is 29.9. The van der Waals surface area contributed by atoms with Gasteiger partial charge in [0.1, 0.15) is 18.2 Å². The van der Waals surface area contributed by atoms with Crippen molar-refractivity contribution in [2.45, 2.75) is 91.8 Å². The highest BCUT2D eigenvalue weighted by Gasteiger charge is 2.46. The van der Waals surface area contributed by atoms with Gasteiger partial charge in [-0.3, -0.25) is 9.59 Å². The monoisotopic (exact) mass is 558 g/mol. The van der Waals surface area contributed by atoms with Crippen molar-refractivity contribution in [1.29, 1.82) is 0 Å². The standard InChI is InChI=1S/C30H46N4O6/c1-18-10-11-19-9-7-8-12-30(5,6)17-39-27(37)32-24(29(2,3)4)26(36)34-14-20(13-23(34)25(31)35)40-28(38)33-15-21(18)22(19)16-33/h10-11,18,20-21,23-24H,7-9,12-17H2,1-6H3,(H2,31,35)(H,32,37)/t18?,20?,21?,23-,24+/m0/s1. The lowest BCUT2D eigenvalue weighted by Crippen LogP contribution is -2.57. The number of hydrogen-bond donors (Lipinski definition) is 2. The van der Waals surface area contributed by atoms with E-state index in [1.165, 1.54) is 16.0 Å². The van der Waals surface area contributed by atoms with Crippen LogP contribution in [-0.4, -0.2) is 78.2 Å². The van der Waals surface area contributed by atoms with Crippen molar-refractivity contribution in [2.24, 2.45) is 28.4 Å². The van der Waals surface area contributed by atoms with Crippen molar-refractivity contribution in [2.75, 3.05) is 26.2 Å². The van der Waals surface area contributed by atoms with Gasteiger partial charge in [-0.05, 0) is 47.2 Å². The molecule has 0 aromatic carbocycles. The van der Waals surface area contributed by atoms with E-state index in [1.54, 1.807) is 4.90 Å². The topological polar surface area (TPSA) is 131 Å². The number of nitrogens with zero attached hydrogens (tertiary/aromatic N) is 2. The van der Waals surface area contributed by atoms with Crippen LogP contribution in [0.4, 0.5) is 9.59 Å². The molecule has 10 nitrogen and oxygen atoms in total. The number of allylic oxidation sites excluding steroid dienone is 3. The lowest BCUT2D eigenvalue weighted by molar-refractivity contribution is -0.141. The summed E-state index contributed by atoms with van der Waals surface area (Å²) in [5.41, 5.74) is 7.36. The molecule has 0 spiro atoms. The van der Waals surface area contributed by atoms with Crippen LogP contribution < -0.4 is 11.1 Å². The smallest absolute Gasteiger partial charge is 0.410 e. The van der Waals surface area contributed by atoms with Gasteiger partial charge in [0.15, 0.2) is 0 Å². The van der Waals surface area contributed by atoms with Gasteiger partial charge in [0.2, 0.25) is 11.8 Å². The third kappa shape index (κ3) is 6.63. The molecule has 0 aromatic rings. The van der Waals surface area contributed by atoms with Gasteiger partial charge >= 0.3 is 12.2 Å². The van der Waals surface area contributed by atoms with Crippen LogP contribution in [-0.2, 0) is 19.1 Å². The molecule has 5 atom stereocenters. The summed E-state index contributed by atoms with van der Waals surface area (Å²) in [6, 6.07) is -1.91. The number of cyclic esters (lactones) is 1. The molecular weight excluding hydrogens is 512 g/mol. The number of hydrogen-bond acceptors (Lipinski definition) is 6. The van der Waals surface area contributed by atoms with E-state index in [1.807, 2.05) is 20.8 Å². The highest BCUT2D eigenvalue weighted by atomic mass is 16.6. The van der Waals surface area contributed by atoms with Crippen LogP contribution in [0.15, 0.2) is 23.3 Å². The van der Waals surface area contributed by atoms with Crippen molar-refractivity contribution in [3.05, 3.63) is 23.3 Å². The molecule has 3 unspecified atom stereocenters. The molecule has 2 saturated heterocycles. The van der Waals surface area contributed by atoms with E-state index in [4.69, 9.17) is 15.2 Å². The number of fused-ring (bicyclic) bond motifs is 3. The molecule has 4 aliphatic rings. The molecule has 0 aromatic heterocycles. The van der Waals surface area contributed by atoms with Gasteiger partial charge in [-0.1, -0.05) is 60.1 Å². The average Bonchev–Trinajstić information content (AvgIpc) is 3.49. The number of alkyl carbamates (subject to hydrolysis) is 1. The van der Waals surface area contributed by atoms with E-state index in [-0.39, 0.29) is 30.9 Å². The summed E-state index contributed by atoms with van der Waals surface area (Å²) in [5.74, 6) is -0.546. The first-order valence-electron chi connectivity index (χ1n) is 14.5. The largest absolute Gasteiger partial charge is 0.449 e. The Labute approximate surface area is 237 Å². The summed E-state index contributed by atoms with van der Waals surface area (Å²) < 4.78 is 11.5. The molecule has 3 aliphatic heterocycles. The number of amides is 4. The Bertz CT molecular complexity index is 1090. The van der Waals surface area contributed by atoms with Gasteiger partial charge in [-0.25, -0.2) is 9.59 Å². The van der Waals surface area contributed by atoms with Crippen molar-refractivity contribution >= 4 is 24.0 Å². The molecule has 10 heteroatoms. The molecule has 222 valence electrons. The van der Waals surface area contributed by atoms with E-state index < -0.39 is 47.6 Å². The van der Waals surface area contributed by atoms with Crippen LogP contribution in [0.1, 0.15) is 73.6 Å². The van der Waals surface area contributed by atoms with E-state index >= 15 is 0 Å². The quantitative estimate of drug-likeness (QED) is 0.504. The second-order valence-corrected chi connectivity index (χ2v) is 13.8. The second-order valence-electron chi connectivity index (χ2n) is 13.8. The minimum Gasteiger partial charge on any atom is -0.449 e. The van der Waals surface area contributed by atoms with Crippen molar-refractivity contribution in [3.63, 3.8) is 0 Å². The molecule has 4 rings (SSSR count). The normalized spacial score (nSPS) is 31.9. The predicted octanol–water partition coefficient (Wildman–Crippen LogP) is 3.75. The zero-order valence-electron chi connectivity index (χ0n) is 24.8. The summed E-state index contributed by atoms with van der Waals surface area (Å²) in [5, 5.41) is 2.73. The van der Waals surface area contributed by atoms with Crippen LogP contribution >= 0.6 is 0 Å². The number of rotatable bonds is 1. The average molecular weight is 559 g/mol. The molecule has 1 aliphatic carbocycles. The van der Waals surface area contributed by atoms with Crippen molar-refractivity contribution in [3.8, 4) is 0 Å². The SMILES string of the molecule is CC1C=CC2=C3CN(CC31)C(=O)OC1C[C@@H](C(N)=O)N(C1)C(=O)[C@H](C(C)(C)C)NC(=O)OCC(C)(C)CCCC2. The van der Waals surface area contributed by atoms with E-state index in [9.17, 15) is 19.2 Å². The fourth-order valence-corrected chi connectivity index (χ4v) is 6.29. The predicted molar refractivity (Wildman–Crippen MR) is 150 cm³/mol. The number of carbonyl (C=O) groups is 4. The van der Waals surface area contributed by atoms with E-state index in [0.29, 0.717) is 19.0 Å². The van der Waals surface area contributed by atoms with Gasteiger partial charge in [-0.2, -0.15) is 0 Å². The highest BCUT2D eigenvalue weighted by molar-refractivity contribution is 5.92. The van der Waals surface area contributed by atoms with Gasteiger partial charge in [0.25, 0.3) is 0 Å². The Hall–Kier alpha value is -3.04. The van der Waals surface area contributed by atoms with Gasteiger partial charge in [0.05, 0.1) is 13.2 Å². The van der Waals surface area contributed by atoms with Crippen molar-refractivity contribution in [1.82, 2.24) is 15.1 Å². The molecule has 3 N–H and O–H groups in total. The number of nitrogens with two attached hydrogens (primary N) is 1. The molecule has 3 heterocycles. The Morgan fingerprint density at radius 2 is 1.88 bits per heavy atom. The number of primary amides is 1. The Kier molecular flexibility index (Phi) is 8.57. The second kappa shape index (κ2) is 11.4.